The number of hydrogen-bond acceptors (Lipinski definition) is 2. The molecule has 9 aromatic carbocycles. The number of hydrogen-bond donors (Lipinski definition) is 0. The van der Waals surface area contributed by atoms with Gasteiger partial charge in [0.2, 0.25) is 0 Å². The summed E-state index contributed by atoms with van der Waals surface area (Å²) in [5.74, 6) is 0. The molecule has 0 saturated carbocycles. The van der Waals surface area contributed by atoms with Gasteiger partial charge in [-0.25, -0.2) is 0 Å². The lowest BCUT2D eigenvalue weighted by molar-refractivity contribution is 0.669. The molecule has 48 heavy (non-hydrogen) atoms. The molecular weight excluding hydrogens is 583 g/mol. The Morgan fingerprint density at radius 2 is 0.917 bits per heavy atom. The van der Waals surface area contributed by atoms with E-state index in [4.69, 9.17) is 4.42 Å². The zero-order valence-electron chi connectivity index (χ0n) is 26.1. The van der Waals surface area contributed by atoms with E-state index in [1.165, 1.54) is 59.6 Å². The van der Waals surface area contributed by atoms with Crippen molar-refractivity contribution in [2.45, 2.75) is 0 Å². The first-order chi connectivity index (χ1) is 23.8. The van der Waals surface area contributed by atoms with Gasteiger partial charge in [0.1, 0.15) is 11.2 Å². The van der Waals surface area contributed by atoms with Crippen LogP contribution in [0.1, 0.15) is 0 Å². The van der Waals surface area contributed by atoms with Crippen molar-refractivity contribution < 1.29 is 4.42 Å². The fourth-order valence-electron chi connectivity index (χ4n) is 7.51. The molecule has 0 aliphatic heterocycles. The number of nitrogens with zero attached hydrogens (tertiary/aromatic N) is 1. The van der Waals surface area contributed by atoms with Gasteiger partial charge in [0, 0.05) is 27.8 Å². The summed E-state index contributed by atoms with van der Waals surface area (Å²) in [6, 6.07) is 63.4. The number of furan rings is 1. The Balaban J connectivity index is 1.09. The first-order valence-corrected chi connectivity index (χ1v) is 16.4. The highest BCUT2D eigenvalue weighted by atomic mass is 16.3. The van der Waals surface area contributed by atoms with Crippen LogP contribution in [0, 0.1) is 0 Å². The highest BCUT2D eigenvalue weighted by Gasteiger charge is 2.16. The second-order valence-electron chi connectivity index (χ2n) is 12.5. The van der Waals surface area contributed by atoms with Crippen molar-refractivity contribution in [1.82, 2.24) is 0 Å². The summed E-state index contributed by atoms with van der Waals surface area (Å²) in [5.41, 5.74) is 7.57. The average Bonchev–Trinajstić information content (AvgIpc) is 3.54. The molecule has 0 fully saturated rings. The first-order valence-electron chi connectivity index (χ1n) is 16.4. The summed E-state index contributed by atoms with van der Waals surface area (Å²) < 4.78 is 6.18. The Bertz CT molecular complexity index is 2820. The quantitative estimate of drug-likeness (QED) is 0.184. The van der Waals surface area contributed by atoms with E-state index < -0.39 is 0 Å². The number of benzene rings is 9. The average molecular weight is 612 g/mol. The van der Waals surface area contributed by atoms with Gasteiger partial charge in [-0.3, -0.25) is 0 Å². The zero-order chi connectivity index (χ0) is 31.6. The molecule has 10 aromatic rings. The molecule has 0 bridgehead atoms. The van der Waals surface area contributed by atoms with Gasteiger partial charge in [0.15, 0.2) is 0 Å². The summed E-state index contributed by atoms with van der Waals surface area (Å²) in [6.45, 7) is 0. The molecule has 1 heterocycles. The lowest BCUT2D eigenvalue weighted by atomic mass is 9.94. The number of fused-ring (bicyclic) bond motifs is 10. The Labute approximate surface area is 277 Å². The van der Waals surface area contributed by atoms with Crippen molar-refractivity contribution in [3.05, 3.63) is 176 Å². The first kappa shape index (κ1) is 26.8. The maximum absolute atomic E-state index is 6.18. The molecule has 0 atom stereocenters. The molecule has 0 aliphatic rings. The molecule has 0 unspecified atom stereocenters. The van der Waals surface area contributed by atoms with Crippen LogP contribution < -0.4 is 4.90 Å². The minimum Gasteiger partial charge on any atom is -0.456 e. The SMILES string of the molecule is c1ccc(N(c2ccc(-c3ccc4ccc5ccc6ccccc6c5c4c3)cc2)c2ccc3c(ccc4oc5ccccc5c43)c2)cc1. The van der Waals surface area contributed by atoms with E-state index in [0.717, 1.165) is 33.6 Å². The maximum atomic E-state index is 6.18. The van der Waals surface area contributed by atoms with Crippen LogP contribution in [-0.4, -0.2) is 0 Å². The minimum absolute atomic E-state index is 0.918. The predicted molar refractivity (Wildman–Crippen MR) is 204 cm³/mol. The summed E-state index contributed by atoms with van der Waals surface area (Å²) in [7, 11) is 0. The molecule has 0 saturated heterocycles. The highest BCUT2D eigenvalue weighted by molar-refractivity contribution is 6.21. The van der Waals surface area contributed by atoms with Crippen molar-refractivity contribution in [1.29, 1.82) is 0 Å². The fraction of sp³-hybridized carbons (Fsp3) is 0. The standard InChI is InChI=1S/C46H29NO/c1-2-9-36(10-3-1)47(38-25-26-40-35(28-38)22-27-44-46(40)41-12-6-7-13-43(41)48-44)37-23-20-30(21-24-37)34-19-16-32-15-18-33-17-14-31-8-4-5-11-39(31)45(33)42(32)29-34/h1-29H. The lowest BCUT2D eigenvalue weighted by Gasteiger charge is -2.26. The number of anilines is 3. The molecule has 0 N–H and O–H groups in total. The van der Waals surface area contributed by atoms with Crippen LogP contribution in [0.25, 0.3) is 76.2 Å². The van der Waals surface area contributed by atoms with Crippen LogP contribution in [0.15, 0.2) is 180 Å². The van der Waals surface area contributed by atoms with Gasteiger partial charge in [0.05, 0.1) is 0 Å². The molecule has 0 amide bonds. The molecule has 2 nitrogen and oxygen atoms in total. The predicted octanol–water partition coefficient (Wildman–Crippen LogP) is 13.3. The van der Waals surface area contributed by atoms with Crippen molar-refractivity contribution >= 4 is 82.1 Å². The molecule has 2 heteroatoms. The molecule has 0 radical (unpaired) electrons. The van der Waals surface area contributed by atoms with Gasteiger partial charge < -0.3 is 9.32 Å². The van der Waals surface area contributed by atoms with Crippen LogP contribution in [-0.2, 0) is 0 Å². The minimum atomic E-state index is 0.918. The van der Waals surface area contributed by atoms with E-state index in [0.29, 0.717) is 0 Å². The summed E-state index contributed by atoms with van der Waals surface area (Å²) in [6.07, 6.45) is 0. The van der Waals surface area contributed by atoms with Crippen LogP contribution in [0.3, 0.4) is 0 Å². The van der Waals surface area contributed by atoms with Crippen molar-refractivity contribution in [2.75, 3.05) is 4.90 Å². The van der Waals surface area contributed by atoms with Gasteiger partial charge in [-0.2, -0.15) is 0 Å². The molecule has 0 spiro atoms. The Morgan fingerprint density at radius 3 is 1.77 bits per heavy atom. The third-order valence-corrected chi connectivity index (χ3v) is 9.80. The van der Waals surface area contributed by atoms with E-state index in [2.05, 4.69) is 169 Å². The van der Waals surface area contributed by atoms with Gasteiger partial charge in [0.25, 0.3) is 0 Å². The second kappa shape index (κ2) is 10.6. The Morgan fingerprint density at radius 1 is 0.312 bits per heavy atom. The third kappa shape index (κ3) is 4.20. The Hall–Kier alpha value is -6.38. The molecule has 224 valence electrons. The van der Waals surface area contributed by atoms with Gasteiger partial charge >= 0.3 is 0 Å². The lowest BCUT2D eigenvalue weighted by Crippen LogP contribution is -2.09. The second-order valence-corrected chi connectivity index (χ2v) is 12.5. The smallest absolute Gasteiger partial charge is 0.136 e. The van der Waals surface area contributed by atoms with E-state index in [-0.39, 0.29) is 0 Å². The van der Waals surface area contributed by atoms with E-state index in [9.17, 15) is 0 Å². The summed E-state index contributed by atoms with van der Waals surface area (Å²) >= 11 is 0. The van der Waals surface area contributed by atoms with Gasteiger partial charge in [-0.15, -0.1) is 0 Å². The van der Waals surface area contributed by atoms with E-state index >= 15 is 0 Å². The monoisotopic (exact) mass is 611 g/mol. The van der Waals surface area contributed by atoms with Gasteiger partial charge in [-0.1, -0.05) is 121 Å². The summed E-state index contributed by atoms with van der Waals surface area (Å²) in [5, 5.41) is 12.4. The van der Waals surface area contributed by atoms with Crippen LogP contribution >= 0.6 is 0 Å². The highest BCUT2D eigenvalue weighted by Crippen LogP contribution is 2.41. The number of rotatable bonds is 4. The fourth-order valence-corrected chi connectivity index (χ4v) is 7.51. The third-order valence-electron chi connectivity index (χ3n) is 9.80. The topological polar surface area (TPSA) is 16.4 Å². The van der Waals surface area contributed by atoms with Crippen molar-refractivity contribution in [3.8, 4) is 11.1 Å². The molecule has 1 aromatic heterocycles. The van der Waals surface area contributed by atoms with Gasteiger partial charge in [-0.05, 0) is 109 Å². The van der Waals surface area contributed by atoms with Crippen LogP contribution in [0.2, 0.25) is 0 Å². The largest absolute Gasteiger partial charge is 0.456 e. The van der Waals surface area contributed by atoms with Crippen molar-refractivity contribution in [3.63, 3.8) is 0 Å². The molecular formula is C46H29NO. The maximum Gasteiger partial charge on any atom is 0.136 e. The van der Waals surface area contributed by atoms with Crippen LogP contribution in [0.4, 0.5) is 17.1 Å². The normalized spacial score (nSPS) is 11.8. The van der Waals surface area contributed by atoms with Crippen molar-refractivity contribution in [2.24, 2.45) is 0 Å². The summed E-state index contributed by atoms with van der Waals surface area (Å²) in [4.78, 5) is 2.33. The zero-order valence-corrected chi connectivity index (χ0v) is 26.1. The molecule has 10 rings (SSSR count). The Kier molecular flexibility index (Phi) is 5.91. The van der Waals surface area contributed by atoms with E-state index in [1.807, 2.05) is 12.1 Å². The molecule has 0 aliphatic carbocycles. The number of para-hydroxylation sites is 2. The van der Waals surface area contributed by atoms with Crippen LogP contribution in [0.5, 0.6) is 0 Å². The van der Waals surface area contributed by atoms with E-state index in [1.54, 1.807) is 0 Å².